The Morgan fingerprint density at radius 2 is 2.00 bits per heavy atom. The SMILES string of the molecule is CN1[C@H]2C[C@@H]3CC[C@@]2(CS1(=O)=O)C3(C)C. The van der Waals surface area contributed by atoms with Gasteiger partial charge in [0.25, 0.3) is 0 Å². The van der Waals surface area contributed by atoms with Gasteiger partial charge in [0.05, 0.1) is 5.75 Å². The van der Waals surface area contributed by atoms with Gasteiger partial charge in [-0.1, -0.05) is 13.8 Å². The predicted molar refractivity (Wildman–Crippen MR) is 58.9 cm³/mol. The van der Waals surface area contributed by atoms with Gasteiger partial charge in [0.2, 0.25) is 10.0 Å². The Balaban J connectivity index is 2.16. The van der Waals surface area contributed by atoms with Crippen LogP contribution in [0, 0.1) is 16.7 Å². The van der Waals surface area contributed by atoms with Gasteiger partial charge in [-0.15, -0.1) is 0 Å². The Kier molecular flexibility index (Phi) is 1.63. The van der Waals surface area contributed by atoms with Crippen LogP contribution < -0.4 is 0 Å². The van der Waals surface area contributed by atoms with Crippen LogP contribution in [0.3, 0.4) is 0 Å². The second kappa shape index (κ2) is 2.43. The van der Waals surface area contributed by atoms with Crippen molar-refractivity contribution in [2.45, 2.75) is 39.2 Å². The molecule has 0 unspecified atom stereocenters. The molecule has 1 spiro atoms. The highest BCUT2D eigenvalue weighted by atomic mass is 32.2. The third-order valence-corrected chi connectivity index (χ3v) is 7.72. The fourth-order valence-electron chi connectivity index (χ4n) is 4.50. The van der Waals surface area contributed by atoms with Gasteiger partial charge < -0.3 is 0 Å². The molecule has 15 heavy (non-hydrogen) atoms. The van der Waals surface area contributed by atoms with Gasteiger partial charge in [0, 0.05) is 18.5 Å². The summed E-state index contributed by atoms with van der Waals surface area (Å²) >= 11 is 0. The normalized spacial score (nSPS) is 50.9. The second-order valence-electron chi connectivity index (χ2n) is 6.14. The van der Waals surface area contributed by atoms with Crippen molar-refractivity contribution in [3.05, 3.63) is 0 Å². The minimum Gasteiger partial charge on any atom is -0.212 e. The quantitative estimate of drug-likeness (QED) is 0.630. The largest absolute Gasteiger partial charge is 0.214 e. The van der Waals surface area contributed by atoms with Crippen molar-refractivity contribution < 1.29 is 8.42 Å². The molecule has 3 fully saturated rings. The topological polar surface area (TPSA) is 37.4 Å². The smallest absolute Gasteiger partial charge is 0.212 e. The van der Waals surface area contributed by atoms with Crippen molar-refractivity contribution in [3.8, 4) is 0 Å². The van der Waals surface area contributed by atoms with E-state index < -0.39 is 10.0 Å². The first kappa shape index (κ1) is 10.1. The van der Waals surface area contributed by atoms with Crippen molar-refractivity contribution in [1.29, 1.82) is 0 Å². The van der Waals surface area contributed by atoms with E-state index in [1.54, 1.807) is 11.4 Å². The molecule has 0 radical (unpaired) electrons. The van der Waals surface area contributed by atoms with Gasteiger partial charge in [-0.2, -0.15) is 0 Å². The Labute approximate surface area is 91.9 Å². The average molecular weight is 229 g/mol. The maximum atomic E-state index is 12.0. The van der Waals surface area contributed by atoms with Crippen LogP contribution in [0.25, 0.3) is 0 Å². The number of rotatable bonds is 0. The number of sulfonamides is 1. The molecular weight excluding hydrogens is 210 g/mol. The molecule has 1 saturated heterocycles. The zero-order chi connectivity index (χ0) is 11.1. The lowest BCUT2D eigenvalue weighted by atomic mass is 9.69. The average Bonchev–Trinajstić information content (AvgIpc) is 2.56. The van der Waals surface area contributed by atoms with Crippen LogP contribution in [0.2, 0.25) is 0 Å². The fourth-order valence-corrected chi connectivity index (χ4v) is 6.74. The lowest BCUT2D eigenvalue weighted by molar-refractivity contribution is 0.121. The van der Waals surface area contributed by atoms with E-state index in [0.29, 0.717) is 5.75 Å². The summed E-state index contributed by atoms with van der Waals surface area (Å²) in [6.45, 7) is 4.55. The second-order valence-corrected chi connectivity index (χ2v) is 8.17. The van der Waals surface area contributed by atoms with Crippen molar-refractivity contribution in [1.82, 2.24) is 4.31 Å². The third-order valence-electron chi connectivity index (χ3n) is 5.71. The first-order valence-corrected chi connectivity index (χ1v) is 7.38. The number of nitrogens with zero attached hydrogens (tertiary/aromatic N) is 1. The van der Waals surface area contributed by atoms with Crippen LogP contribution in [0.4, 0.5) is 0 Å². The van der Waals surface area contributed by atoms with Crippen molar-refractivity contribution in [3.63, 3.8) is 0 Å². The van der Waals surface area contributed by atoms with Crippen molar-refractivity contribution in [2.75, 3.05) is 12.8 Å². The summed E-state index contributed by atoms with van der Waals surface area (Å²) in [7, 11) is -1.20. The monoisotopic (exact) mass is 229 g/mol. The molecule has 0 aromatic rings. The molecule has 3 rings (SSSR count). The minimum atomic E-state index is -2.97. The Hall–Kier alpha value is -0.0900. The van der Waals surface area contributed by atoms with Crippen LogP contribution >= 0.6 is 0 Å². The maximum absolute atomic E-state index is 12.0. The summed E-state index contributed by atoms with van der Waals surface area (Å²) in [4.78, 5) is 0. The highest BCUT2D eigenvalue weighted by Crippen LogP contribution is 2.69. The molecule has 3 nitrogen and oxygen atoms in total. The first-order chi connectivity index (χ1) is 6.81. The molecule has 1 heterocycles. The molecule has 2 bridgehead atoms. The van der Waals surface area contributed by atoms with Crippen molar-refractivity contribution >= 4 is 10.0 Å². The molecule has 0 amide bonds. The van der Waals surface area contributed by atoms with Crippen molar-refractivity contribution in [2.24, 2.45) is 16.7 Å². The van der Waals surface area contributed by atoms with E-state index in [-0.39, 0.29) is 16.9 Å². The summed E-state index contributed by atoms with van der Waals surface area (Å²) in [5.41, 5.74) is 0.279. The summed E-state index contributed by atoms with van der Waals surface area (Å²) in [5.74, 6) is 1.13. The van der Waals surface area contributed by atoms with E-state index >= 15 is 0 Å². The molecule has 0 aromatic carbocycles. The van der Waals surface area contributed by atoms with Crippen LogP contribution in [0.5, 0.6) is 0 Å². The van der Waals surface area contributed by atoms with E-state index in [4.69, 9.17) is 0 Å². The van der Waals surface area contributed by atoms with Gasteiger partial charge in [-0.05, 0) is 30.6 Å². The lowest BCUT2D eigenvalue weighted by Crippen LogP contribution is -2.40. The molecule has 0 aromatic heterocycles. The lowest BCUT2D eigenvalue weighted by Gasteiger charge is -2.36. The molecule has 2 aliphatic carbocycles. The standard InChI is InChI=1S/C11H19NO2S/c1-10(2)8-4-5-11(10)7-15(13,14)12(3)9(11)6-8/h8-9H,4-7H2,1-3H3/t8-,9-,11-/m0/s1. The number of fused-ring (bicyclic) bond motifs is 1. The zero-order valence-corrected chi connectivity index (χ0v) is 10.5. The van der Waals surface area contributed by atoms with Gasteiger partial charge in [-0.3, -0.25) is 0 Å². The Bertz CT molecular complexity index is 414. The van der Waals surface area contributed by atoms with Gasteiger partial charge in [0.1, 0.15) is 0 Å². The number of hydrogen-bond donors (Lipinski definition) is 0. The van der Waals surface area contributed by atoms with Gasteiger partial charge >= 0.3 is 0 Å². The molecular formula is C11H19NO2S. The van der Waals surface area contributed by atoms with Crippen LogP contribution in [-0.4, -0.2) is 31.6 Å². The summed E-state index contributed by atoms with van der Waals surface area (Å²) in [6.07, 6.45) is 3.43. The Morgan fingerprint density at radius 1 is 1.33 bits per heavy atom. The fraction of sp³-hybridized carbons (Fsp3) is 1.00. The predicted octanol–water partition coefficient (Wildman–Crippen LogP) is 1.46. The number of hydrogen-bond acceptors (Lipinski definition) is 2. The molecule has 86 valence electrons. The molecule has 0 N–H and O–H groups in total. The summed E-state index contributed by atoms with van der Waals surface area (Å²) in [5, 5.41) is 0. The van der Waals surface area contributed by atoms with E-state index in [2.05, 4.69) is 13.8 Å². The molecule has 1 aliphatic heterocycles. The van der Waals surface area contributed by atoms with Gasteiger partial charge in [-0.25, -0.2) is 12.7 Å². The highest BCUT2D eigenvalue weighted by molar-refractivity contribution is 7.89. The van der Waals surface area contributed by atoms with Crippen LogP contribution in [0.1, 0.15) is 33.1 Å². The first-order valence-electron chi connectivity index (χ1n) is 5.77. The van der Waals surface area contributed by atoms with Crippen LogP contribution in [0.15, 0.2) is 0 Å². The van der Waals surface area contributed by atoms with E-state index in [0.717, 1.165) is 18.8 Å². The molecule has 4 heteroatoms. The molecule has 3 aliphatic rings. The van der Waals surface area contributed by atoms with E-state index in [1.807, 2.05) is 0 Å². The van der Waals surface area contributed by atoms with Crippen LogP contribution in [-0.2, 0) is 10.0 Å². The Morgan fingerprint density at radius 3 is 2.53 bits per heavy atom. The summed E-state index contributed by atoms with van der Waals surface area (Å²) < 4.78 is 25.6. The van der Waals surface area contributed by atoms with Gasteiger partial charge in [0.15, 0.2) is 0 Å². The maximum Gasteiger partial charge on any atom is 0.214 e. The van der Waals surface area contributed by atoms with E-state index in [1.165, 1.54) is 6.42 Å². The minimum absolute atomic E-state index is 0.0608. The van der Waals surface area contributed by atoms with E-state index in [9.17, 15) is 8.42 Å². The highest BCUT2D eigenvalue weighted by Gasteiger charge is 2.70. The zero-order valence-electron chi connectivity index (χ0n) is 9.66. The summed E-state index contributed by atoms with van der Waals surface area (Å²) in [6, 6.07) is 0.288. The molecule has 2 saturated carbocycles. The molecule has 3 atom stereocenters. The third kappa shape index (κ3) is 0.897.